The van der Waals surface area contributed by atoms with Crippen molar-refractivity contribution in [2.75, 3.05) is 19.0 Å². The summed E-state index contributed by atoms with van der Waals surface area (Å²) in [5.74, 6) is -0.407. The maximum atomic E-state index is 12.9. The Morgan fingerprint density at radius 3 is 2.50 bits per heavy atom. The number of para-hydroxylation sites is 1. The molecule has 178 valence electrons. The molecule has 0 unspecified atom stereocenters. The minimum absolute atomic E-state index is 0.0998. The largest absolute Gasteiger partial charge is 0.491 e. The summed E-state index contributed by atoms with van der Waals surface area (Å²) < 4.78 is 11.9. The van der Waals surface area contributed by atoms with Gasteiger partial charge in [0.05, 0.1) is 31.2 Å². The molecule has 3 aromatic rings. The minimum Gasteiger partial charge on any atom is -0.491 e. The number of carbonyl (C=O) groups excluding carboxylic acids is 2. The maximum absolute atomic E-state index is 12.9. The lowest BCUT2D eigenvalue weighted by molar-refractivity contribution is -0.116. The van der Waals surface area contributed by atoms with Gasteiger partial charge >= 0.3 is 5.97 Å². The predicted octanol–water partition coefficient (Wildman–Crippen LogP) is 3.37. The number of rotatable bonds is 9. The third kappa shape index (κ3) is 6.44. The van der Waals surface area contributed by atoms with Gasteiger partial charge in [-0.2, -0.15) is 0 Å². The second-order valence-corrected chi connectivity index (χ2v) is 8.30. The fourth-order valence-electron chi connectivity index (χ4n) is 3.24. The molecule has 3 rings (SSSR count). The SMILES string of the molecule is CCOC(=O)c1ccccc1NC(=O)Cn1cc(OC)c(=O)cc1CSc1nc(C)cc(C)n1. The average molecular weight is 483 g/mol. The summed E-state index contributed by atoms with van der Waals surface area (Å²) in [6.07, 6.45) is 1.50. The van der Waals surface area contributed by atoms with Crippen LogP contribution in [0.2, 0.25) is 0 Å². The highest BCUT2D eigenvalue weighted by molar-refractivity contribution is 7.98. The Morgan fingerprint density at radius 1 is 1.12 bits per heavy atom. The molecular formula is C24H26N4O5S. The monoisotopic (exact) mass is 482 g/mol. The highest BCUT2D eigenvalue weighted by Crippen LogP contribution is 2.21. The van der Waals surface area contributed by atoms with Crippen molar-refractivity contribution in [3.05, 3.63) is 75.5 Å². The number of methoxy groups -OCH3 is 1. The van der Waals surface area contributed by atoms with Gasteiger partial charge in [0.1, 0.15) is 6.54 Å². The maximum Gasteiger partial charge on any atom is 0.340 e. The molecule has 2 heterocycles. The van der Waals surface area contributed by atoms with Gasteiger partial charge in [-0.1, -0.05) is 23.9 Å². The molecule has 0 saturated carbocycles. The molecular weight excluding hydrogens is 456 g/mol. The van der Waals surface area contributed by atoms with E-state index in [1.54, 1.807) is 35.8 Å². The van der Waals surface area contributed by atoms with Crippen molar-refractivity contribution in [3.63, 3.8) is 0 Å². The zero-order chi connectivity index (χ0) is 24.7. The highest BCUT2D eigenvalue weighted by Gasteiger charge is 2.16. The first-order valence-corrected chi connectivity index (χ1v) is 11.6. The predicted molar refractivity (Wildman–Crippen MR) is 129 cm³/mol. The number of aryl methyl sites for hydroxylation is 2. The van der Waals surface area contributed by atoms with Crippen molar-refractivity contribution in [1.82, 2.24) is 14.5 Å². The topological polar surface area (TPSA) is 112 Å². The number of amides is 1. The van der Waals surface area contributed by atoms with E-state index in [2.05, 4.69) is 15.3 Å². The molecule has 0 radical (unpaired) electrons. The summed E-state index contributed by atoms with van der Waals surface area (Å²) in [5.41, 5.74) is 2.62. The molecule has 0 saturated heterocycles. The zero-order valence-electron chi connectivity index (χ0n) is 19.5. The van der Waals surface area contributed by atoms with Crippen LogP contribution in [0, 0.1) is 13.8 Å². The molecule has 2 aromatic heterocycles. The van der Waals surface area contributed by atoms with Crippen LogP contribution in [0.4, 0.5) is 5.69 Å². The van der Waals surface area contributed by atoms with Crippen LogP contribution in [0.5, 0.6) is 5.75 Å². The van der Waals surface area contributed by atoms with Crippen LogP contribution >= 0.6 is 11.8 Å². The van der Waals surface area contributed by atoms with Gasteiger partial charge in [0.2, 0.25) is 11.3 Å². The van der Waals surface area contributed by atoms with E-state index in [4.69, 9.17) is 9.47 Å². The lowest BCUT2D eigenvalue weighted by Gasteiger charge is -2.15. The molecule has 0 fully saturated rings. The van der Waals surface area contributed by atoms with Crippen LogP contribution in [0.1, 0.15) is 34.4 Å². The van der Waals surface area contributed by atoms with Gasteiger partial charge in [0, 0.05) is 28.9 Å². The van der Waals surface area contributed by atoms with Gasteiger partial charge in [-0.25, -0.2) is 14.8 Å². The molecule has 0 spiro atoms. The van der Waals surface area contributed by atoms with E-state index in [9.17, 15) is 14.4 Å². The molecule has 0 atom stereocenters. The number of pyridine rings is 1. The Hall–Kier alpha value is -3.66. The highest BCUT2D eigenvalue weighted by atomic mass is 32.2. The van der Waals surface area contributed by atoms with Crippen molar-refractivity contribution in [3.8, 4) is 5.75 Å². The van der Waals surface area contributed by atoms with Crippen molar-refractivity contribution in [2.24, 2.45) is 0 Å². The zero-order valence-corrected chi connectivity index (χ0v) is 20.3. The number of ether oxygens (including phenoxy) is 2. The first-order chi connectivity index (χ1) is 16.3. The summed E-state index contributed by atoms with van der Waals surface area (Å²) in [7, 11) is 1.40. The van der Waals surface area contributed by atoms with E-state index in [0.29, 0.717) is 22.3 Å². The van der Waals surface area contributed by atoms with Crippen molar-refractivity contribution in [2.45, 2.75) is 38.2 Å². The number of nitrogens with zero attached hydrogens (tertiary/aromatic N) is 3. The van der Waals surface area contributed by atoms with Crippen molar-refractivity contribution >= 4 is 29.3 Å². The van der Waals surface area contributed by atoms with Gasteiger partial charge in [0.15, 0.2) is 10.9 Å². The lowest BCUT2D eigenvalue weighted by atomic mass is 10.2. The number of benzene rings is 1. The van der Waals surface area contributed by atoms with Crippen LogP contribution in [0.15, 0.2) is 52.5 Å². The number of esters is 1. The molecule has 0 aliphatic carbocycles. The Kier molecular flexibility index (Phi) is 8.42. The van der Waals surface area contributed by atoms with Gasteiger partial charge < -0.3 is 19.4 Å². The third-order valence-electron chi connectivity index (χ3n) is 4.72. The molecule has 0 aliphatic heterocycles. The second kappa shape index (κ2) is 11.5. The van der Waals surface area contributed by atoms with E-state index in [-0.39, 0.29) is 35.8 Å². The molecule has 9 nitrogen and oxygen atoms in total. The van der Waals surface area contributed by atoms with Crippen molar-refractivity contribution in [1.29, 1.82) is 0 Å². The van der Waals surface area contributed by atoms with Gasteiger partial charge in [-0.15, -0.1) is 0 Å². The summed E-state index contributed by atoms with van der Waals surface area (Å²) in [6, 6.07) is 9.94. The van der Waals surface area contributed by atoms with Crippen LogP contribution in [-0.4, -0.2) is 40.1 Å². The number of anilines is 1. The Morgan fingerprint density at radius 2 is 1.82 bits per heavy atom. The number of hydrogen-bond acceptors (Lipinski definition) is 8. The molecule has 0 aliphatic rings. The van der Waals surface area contributed by atoms with Crippen molar-refractivity contribution < 1.29 is 19.1 Å². The first-order valence-electron chi connectivity index (χ1n) is 10.6. The molecule has 1 aromatic carbocycles. The summed E-state index contributed by atoms with van der Waals surface area (Å²) in [5, 5.41) is 3.34. The standard InChI is InChI=1S/C24H26N4O5S/c1-5-33-23(31)18-8-6-7-9-19(18)27-22(30)13-28-12-21(32-4)20(29)11-17(28)14-34-24-25-15(2)10-16(3)26-24/h6-12H,5,13-14H2,1-4H3,(H,27,30). The molecule has 34 heavy (non-hydrogen) atoms. The number of thioether (sulfide) groups is 1. The summed E-state index contributed by atoms with van der Waals surface area (Å²) in [6.45, 7) is 5.62. The van der Waals surface area contributed by atoms with E-state index in [1.165, 1.54) is 31.1 Å². The quantitative estimate of drug-likeness (QED) is 0.281. The molecule has 0 bridgehead atoms. The minimum atomic E-state index is -0.519. The van der Waals surface area contributed by atoms with E-state index < -0.39 is 5.97 Å². The average Bonchev–Trinajstić information content (AvgIpc) is 2.78. The normalized spacial score (nSPS) is 10.6. The third-order valence-corrected chi connectivity index (χ3v) is 5.60. The summed E-state index contributed by atoms with van der Waals surface area (Å²) in [4.78, 5) is 46.3. The van der Waals surface area contributed by atoms with Crippen LogP contribution in [0.25, 0.3) is 0 Å². The molecule has 1 amide bonds. The molecule has 10 heteroatoms. The van der Waals surface area contributed by atoms with Gasteiger partial charge in [-0.05, 0) is 39.0 Å². The van der Waals surface area contributed by atoms with Crippen LogP contribution < -0.4 is 15.5 Å². The second-order valence-electron chi connectivity index (χ2n) is 7.36. The van der Waals surface area contributed by atoms with Crippen LogP contribution in [-0.2, 0) is 21.8 Å². The van der Waals surface area contributed by atoms with Crippen LogP contribution in [0.3, 0.4) is 0 Å². The fraction of sp³-hybridized carbons (Fsp3) is 0.292. The fourth-order valence-corrected chi connectivity index (χ4v) is 4.18. The van der Waals surface area contributed by atoms with Gasteiger partial charge in [0.25, 0.3) is 0 Å². The van der Waals surface area contributed by atoms with E-state index in [1.807, 2.05) is 19.9 Å². The number of hydrogen-bond donors (Lipinski definition) is 1. The lowest BCUT2D eigenvalue weighted by Crippen LogP contribution is -2.23. The Bertz CT molecular complexity index is 1240. The molecule has 1 N–H and O–H groups in total. The number of carbonyl (C=O) groups is 2. The number of nitrogens with one attached hydrogen (secondary N) is 1. The first kappa shape index (κ1) is 25.0. The van der Waals surface area contributed by atoms with E-state index >= 15 is 0 Å². The van der Waals surface area contributed by atoms with Gasteiger partial charge in [-0.3, -0.25) is 9.59 Å². The Labute approximate surface area is 201 Å². The smallest absolute Gasteiger partial charge is 0.340 e. The Balaban J connectivity index is 1.82. The summed E-state index contributed by atoms with van der Waals surface area (Å²) >= 11 is 1.37. The number of aromatic nitrogens is 3. The van der Waals surface area contributed by atoms with E-state index in [0.717, 1.165) is 11.4 Å².